The van der Waals surface area contributed by atoms with Crippen molar-refractivity contribution in [2.24, 2.45) is 0 Å². The van der Waals surface area contributed by atoms with Crippen molar-refractivity contribution < 1.29 is 22.7 Å². The molecule has 25 heavy (non-hydrogen) atoms. The van der Waals surface area contributed by atoms with E-state index in [1.165, 1.54) is 14.2 Å². The molecule has 0 aliphatic carbocycles. The Balaban J connectivity index is 1.96. The number of amides is 1. The predicted molar refractivity (Wildman–Crippen MR) is 95.7 cm³/mol. The second kappa shape index (κ2) is 8.53. The lowest BCUT2D eigenvalue weighted by Crippen LogP contribution is -2.45. The van der Waals surface area contributed by atoms with Crippen LogP contribution in [0.2, 0.25) is 0 Å². The SMILES string of the molecule is COc1cc(OC)cc(C(=O)NCCS(=O)(=O)N2CCCC[C@H]2C)c1. The first-order valence-corrected chi connectivity index (χ1v) is 9.99. The monoisotopic (exact) mass is 370 g/mol. The molecular formula is C17H26N2O5S. The van der Waals surface area contributed by atoms with E-state index in [1.54, 1.807) is 22.5 Å². The fraction of sp³-hybridized carbons (Fsp3) is 0.588. The molecule has 1 aliphatic heterocycles. The predicted octanol–water partition coefficient (Wildman–Crippen LogP) is 1.64. The van der Waals surface area contributed by atoms with Crippen molar-refractivity contribution in [1.82, 2.24) is 9.62 Å². The van der Waals surface area contributed by atoms with Crippen molar-refractivity contribution in [1.29, 1.82) is 0 Å². The quantitative estimate of drug-likeness (QED) is 0.789. The average Bonchev–Trinajstić information content (AvgIpc) is 2.61. The highest BCUT2D eigenvalue weighted by atomic mass is 32.2. The number of carbonyl (C=O) groups is 1. The van der Waals surface area contributed by atoms with Gasteiger partial charge in [-0.15, -0.1) is 0 Å². The molecule has 2 rings (SSSR count). The van der Waals surface area contributed by atoms with Crippen LogP contribution in [0.4, 0.5) is 0 Å². The number of benzene rings is 1. The van der Waals surface area contributed by atoms with Gasteiger partial charge < -0.3 is 14.8 Å². The normalized spacial score (nSPS) is 18.6. The number of rotatable bonds is 7. The van der Waals surface area contributed by atoms with Gasteiger partial charge in [-0.3, -0.25) is 4.79 Å². The number of ether oxygens (including phenoxy) is 2. The molecule has 0 spiro atoms. The Kier molecular flexibility index (Phi) is 6.66. The summed E-state index contributed by atoms with van der Waals surface area (Å²) in [6.07, 6.45) is 2.83. The first-order chi connectivity index (χ1) is 11.9. The molecule has 1 atom stereocenters. The van der Waals surface area contributed by atoms with Gasteiger partial charge in [0, 0.05) is 30.8 Å². The van der Waals surface area contributed by atoms with Crippen LogP contribution in [0.5, 0.6) is 11.5 Å². The lowest BCUT2D eigenvalue weighted by atomic mass is 10.1. The van der Waals surface area contributed by atoms with Gasteiger partial charge in [-0.05, 0) is 31.9 Å². The van der Waals surface area contributed by atoms with Crippen LogP contribution in [-0.2, 0) is 10.0 Å². The third-order valence-corrected chi connectivity index (χ3v) is 6.34. The van der Waals surface area contributed by atoms with Gasteiger partial charge in [0.15, 0.2) is 0 Å². The highest BCUT2D eigenvalue weighted by Crippen LogP contribution is 2.22. The lowest BCUT2D eigenvalue weighted by Gasteiger charge is -2.32. The third-order valence-electron chi connectivity index (χ3n) is 4.36. The number of methoxy groups -OCH3 is 2. The van der Waals surface area contributed by atoms with Gasteiger partial charge >= 0.3 is 0 Å². The molecule has 140 valence electrons. The summed E-state index contributed by atoms with van der Waals surface area (Å²) in [6.45, 7) is 2.55. The number of nitrogens with one attached hydrogen (secondary N) is 1. The molecule has 1 fully saturated rings. The zero-order valence-electron chi connectivity index (χ0n) is 14.9. The van der Waals surface area contributed by atoms with Crippen LogP contribution in [0.15, 0.2) is 18.2 Å². The second-order valence-corrected chi connectivity index (χ2v) is 8.17. The van der Waals surface area contributed by atoms with Crippen LogP contribution in [0.25, 0.3) is 0 Å². The van der Waals surface area contributed by atoms with Crippen molar-refractivity contribution >= 4 is 15.9 Å². The lowest BCUT2D eigenvalue weighted by molar-refractivity contribution is 0.0955. The largest absolute Gasteiger partial charge is 0.497 e. The molecule has 1 aromatic rings. The molecule has 0 bridgehead atoms. The van der Waals surface area contributed by atoms with Crippen molar-refractivity contribution in [3.05, 3.63) is 23.8 Å². The van der Waals surface area contributed by atoms with E-state index in [2.05, 4.69) is 5.32 Å². The Hall–Kier alpha value is -1.80. The molecule has 1 aliphatic rings. The van der Waals surface area contributed by atoms with Gasteiger partial charge in [0.2, 0.25) is 10.0 Å². The Morgan fingerprint density at radius 3 is 2.40 bits per heavy atom. The van der Waals surface area contributed by atoms with E-state index in [0.717, 1.165) is 19.3 Å². The second-order valence-electron chi connectivity index (χ2n) is 6.13. The molecule has 8 heteroatoms. The summed E-state index contributed by atoms with van der Waals surface area (Å²) in [6, 6.07) is 4.86. The molecule has 1 amide bonds. The maximum Gasteiger partial charge on any atom is 0.251 e. The van der Waals surface area contributed by atoms with Gasteiger partial charge in [-0.2, -0.15) is 4.31 Å². The number of nitrogens with zero attached hydrogens (tertiary/aromatic N) is 1. The van der Waals surface area contributed by atoms with Crippen LogP contribution < -0.4 is 14.8 Å². The average molecular weight is 370 g/mol. The van der Waals surface area contributed by atoms with Crippen molar-refractivity contribution in [3.8, 4) is 11.5 Å². The summed E-state index contributed by atoms with van der Waals surface area (Å²) in [5.74, 6) is 0.530. The van der Waals surface area contributed by atoms with Crippen molar-refractivity contribution in [2.45, 2.75) is 32.2 Å². The third kappa shape index (κ3) is 5.09. The van der Waals surface area contributed by atoms with E-state index in [4.69, 9.17) is 9.47 Å². The molecule has 0 radical (unpaired) electrons. The minimum atomic E-state index is -3.37. The first-order valence-electron chi connectivity index (χ1n) is 8.38. The van der Waals surface area contributed by atoms with Gasteiger partial charge in [-0.25, -0.2) is 8.42 Å². The molecule has 0 saturated carbocycles. The summed E-state index contributed by atoms with van der Waals surface area (Å²) in [5.41, 5.74) is 0.361. The molecule has 0 unspecified atom stereocenters. The van der Waals surface area contributed by atoms with E-state index < -0.39 is 10.0 Å². The van der Waals surface area contributed by atoms with Gasteiger partial charge in [0.25, 0.3) is 5.91 Å². The van der Waals surface area contributed by atoms with Crippen LogP contribution in [-0.4, -0.2) is 57.7 Å². The molecule has 7 nitrogen and oxygen atoms in total. The van der Waals surface area contributed by atoms with Crippen LogP contribution in [0.1, 0.15) is 36.5 Å². The van der Waals surface area contributed by atoms with E-state index in [-0.39, 0.29) is 24.2 Å². The number of sulfonamides is 1. The summed E-state index contributed by atoms with van der Waals surface area (Å²) < 4.78 is 36.7. The summed E-state index contributed by atoms with van der Waals surface area (Å²) in [7, 11) is -0.361. The van der Waals surface area contributed by atoms with Gasteiger partial charge in [-0.1, -0.05) is 6.42 Å². The Labute approximate surface area is 149 Å². The Morgan fingerprint density at radius 2 is 1.84 bits per heavy atom. The van der Waals surface area contributed by atoms with E-state index in [0.29, 0.717) is 23.6 Å². The Bertz CT molecular complexity index is 683. The summed E-state index contributed by atoms with van der Waals surface area (Å²) in [4.78, 5) is 12.3. The first kappa shape index (κ1) is 19.5. The number of piperidine rings is 1. The van der Waals surface area contributed by atoms with Crippen LogP contribution >= 0.6 is 0 Å². The minimum absolute atomic E-state index is 0.0251. The molecule has 1 saturated heterocycles. The summed E-state index contributed by atoms with van der Waals surface area (Å²) in [5, 5.41) is 2.66. The van der Waals surface area contributed by atoms with Crippen LogP contribution in [0, 0.1) is 0 Å². The fourth-order valence-electron chi connectivity index (χ4n) is 2.94. The topological polar surface area (TPSA) is 84.9 Å². The van der Waals surface area contributed by atoms with E-state index in [1.807, 2.05) is 6.92 Å². The molecule has 1 heterocycles. The van der Waals surface area contributed by atoms with Gasteiger partial charge in [0.1, 0.15) is 11.5 Å². The Morgan fingerprint density at radius 1 is 1.20 bits per heavy atom. The fourth-order valence-corrected chi connectivity index (χ4v) is 4.59. The molecule has 1 N–H and O–H groups in total. The zero-order valence-corrected chi connectivity index (χ0v) is 15.8. The van der Waals surface area contributed by atoms with Crippen molar-refractivity contribution in [2.75, 3.05) is 33.1 Å². The highest BCUT2D eigenvalue weighted by molar-refractivity contribution is 7.89. The van der Waals surface area contributed by atoms with Gasteiger partial charge in [0.05, 0.1) is 20.0 Å². The molecular weight excluding hydrogens is 344 g/mol. The smallest absolute Gasteiger partial charge is 0.251 e. The number of hydrogen-bond acceptors (Lipinski definition) is 5. The molecule has 0 aromatic heterocycles. The van der Waals surface area contributed by atoms with Crippen LogP contribution in [0.3, 0.4) is 0 Å². The summed E-state index contributed by atoms with van der Waals surface area (Å²) >= 11 is 0. The van der Waals surface area contributed by atoms with E-state index in [9.17, 15) is 13.2 Å². The minimum Gasteiger partial charge on any atom is -0.497 e. The molecule has 1 aromatic carbocycles. The zero-order chi connectivity index (χ0) is 18.4. The maximum absolute atomic E-state index is 12.4. The number of hydrogen-bond donors (Lipinski definition) is 1. The van der Waals surface area contributed by atoms with E-state index >= 15 is 0 Å². The maximum atomic E-state index is 12.4. The highest BCUT2D eigenvalue weighted by Gasteiger charge is 2.29. The standard InChI is InChI=1S/C17H26N2O5S/c1-13-6-4-5-8-19(13)25(21,22)9-7-18-17(20)14-10-15(23-2)12-16(11-14)24-3/h10-13H,4-9H2,1-3H3,(H,18,20)/t13-/m1/s1. The number of carbonyl (C=O) groups excluding carboxylic acids is 1. The van der Waals surface area contributed by atoms with Crippen molar-refractivity contribution in [3.63, 3.8) is 0 Å².